The van der Waals surface area contributed by atoms with Crippen LogP contribution in [0.5, 0.6) is 0 Å². The molecule has 282 valence electrons. The van der Waals surface area contributed by atoms with Gasteiger partial charge in [-0.1, -0.05) is 218 Å². The standard InChI is InChI=1S/C58H40N2/c1-5-21-41(22-6-1)55-39-37-53(57(59-55)43-25-9-3-10-26-43)51-35-19-17-33-49(51)47-31-15-13-29-45(47)46-30-14-16-32-48(46)50-34-18-20-36-52(50)54-38-40-56(42-23-7-2-8-24-42)60-58(54)44-27-11-4-12-28-44/h1-40H. The predicted octanol–water partition coefficient (Wildman–Crippen LogP) is 15.5. The highest BCUT2D eigenvalue weighted by Crippen LogP contribution is 2.46. The summed E-state index contributed by atoms with van der Waals surface area (Å²) in [7, 11) is 0. The van der Waals surface area contributed by atoms with Crippen molar-refractivity contribution in [2.75, 3.05) is 0 Å². The summed E-state index contributed by atoms with van der Waals surface area (Å²) in [6.07, 6.45) is 0. The van der Waals surface area contributed by atoms with Gasteiger partial charge in [-0.05, 0) is 68.8 Å². The monoisotopic (exact) mass is 764 g/mol. The third kappa shape index (κ3) is 7.12. The molecule has 0 spiro atoms. The average Bonchev–Trinajstić information content (AvgIpc) is 3.35. The van der Waals surface area contributed by atoms with Crippen LogP contribution < -0.4 is 0 Å². The van der Waals surface area contributed by atoms with E-state index in [1.54, 1.807) is 0 Å². The molecular formula is C58H40N2. The Morgan fingerprint density at radius 2 is 0.383 bits per heavy atom. The number of hydrogen-bond donors (Lipinski definition) is 0. The Kier molecular flexibility index (Phi) is 10.0. The summed E-state index contributed by atoms with van der Waals surface area (Å²) < 4.78 is 0. The van der Waals surface area contributed by atoms with Gasteiger partial charge in [0.15, 0.2) is 0 Å². The highest BCUT2D eigenvalue weighted by Gasteiger charge is 2.21. The van der Waals surface area contributed by atoms with Gasteiger partial charge in [0.25, 0.3) is 0 Å². The van der Waals surface area contributed by atoms with Crippen molar-refractivity contribution in [1.29, 1.82) is 0 Å². The summed E-state index contributed by atoms with van der Waals surface area (Å²) in [6.45, 7) is 0. The molecule has 10 aromatic rings. The molecule has 0 atom stereocenters. The van der Waals surface area contributed by atoms with Gasteiger partial charge in [0, 0.05) is 33.4 Å². The third-order valence-electron chi connectivity index (χ3n) is 11.2. The maximum Gasteiger partial charge on any atom is 0.0788 e. The molecule has 0 saturated carbocycles. The van der Waals surface area contributed by atoms with Crippen LogP contribution in [0.15, 0.2) is 243 Å². The van der Waals surface area contributed by atoms with Gasteiger partial charge in [-0.2, -0.15) is 0 Å². The Bertz CT molecular complexity index is 2850. The average molecular weight is 765 g/mol. The first-order valence-electron chi connectivity index (χ1n) is 20.4. The molecule has 2 nitrogen and oxygen atoms in total. The molecule has 0 aliphatic carbocycles. The van der Waals surface area contributed by atoms with Gasteiger partial charge < -0.3 is 0 Å². The van der Waals surface area contributed by atoms with E-state index in [0.29, 0.717) is 0 Å². The van der Waals surface area contributed by atoms with Crippen molar-refractivity contribution in [1.82, 2.24) is 9.97 Å². The number of nitrogens with zero attached hydrogens (tertiary/aromatic N) is 2. The molecule has 2 aromatic heterocycles. The largest absolute Gasteiger partial charge is 0.247 e. The van der Waals surface area contributed by atoms with Gasteiger partial charge in [0.05, 0.1) is 22.8 Å². The van der Waals surface area contributed by atoms with Crippen molar-refractivity contribution in [3.8, 4) is 101 Å². The molecule has 8 aromatic carbocycles. The first kappa shape index (κ1) is 36.4. The molecule has 0 radical (unpaired) electrons. The summed E-state index contributed by atoms with van der Waals surface area (Å²) >= 11 is 0. The Morgan fingerprint density at radius 3 is 0.650 bits per heavy atom. The molecule has 0 unspecified atom stereocenters. The van der Waals surface area contributed by atoms with Crippen LogP contribution in [-0.2, 0) is 0 Å². The minimum absolute atomic E-state index is 0.948. The fourth-order valence-corrected chi connectivity index (χ4v) is 8.34. The van der Waals surface area contributed by atoms with E-state index >= 15 is 0 Å². The zero-order valence-electron chi connectivity index (χ0n) is 33.0. The predicted molar refractivity (Wildman–Crippen MR) is 251 cm³/mol. The fraction of sp³-hybridized carbons (Fsp3) is 0. The van der Waals surface area contributed by atoms with Crippen LogP contribution in [0.4, 0.5) is 0 Å². The van der Waals surface area contributed by atoms with Gasteiger partial charge in [0.2, 0.25) is 0 Å². The number of pyridine rings is 2. The summed E-state index contributed by atoms with van der Waals surface area (Å²) in [5.41, 5.74) is 19.5. The van der Waals surface area contributed by atoms with Crippen LogP contribution in [0.1, 0.15) is 0 Å². The van der Waals surface area contributed by atoms with Crippen molar-refractivity contribution < 1.29 is 0 Å². The maximum atomic E-state index is 5.34. The smallest absolute Gasteiger partial charge is 0.0788 e. The molecule has 0 aliphatic rings. The van der Waals surface area contributed by atoms with Gasteiger partial charge >= 0.3 is 0 Å². The van der Waals surface area contributed by atoms with Gasteiger partial charge in [-0.15, -0.1) is 0 Å². The summed E-state index contributed by atoms with van der Waals surface area (Å²) in [6, 6.07) is 85.8. The lowest BCUT2D eigenvalue weighted by Gasteiger charge is -2.20. The van der Waals surface area contributed by atoms with Crippen LogP contribution >= 0.6 is 0 Å². The molecule has 0 bridgehead atoms. The highest BCUT2D eigenvalue weighted by atomic mass is 14.7. The van der Waals surface area contributed by atoms with E-state index in [4.69, 9.17) is 9.97 Å². The van der Waals surface area contributed by atoms with Gasteiger partial charge in [-0.3, -0.25) is 0 Å². The lowest BCUT2D eigenvalue weighted by molar-refractivity contribution is 1.32. The van der Waals surface area contributed by atoms with Crippen LogP contribution in [0.3, 0.4) is 0 Å². The maximum absolute atomic E-state index is 5.34. The summed E-state index contributed by atoms with van der Waals surface area (Å²) in [5, 5.41) is 0. The molecule has 0 fully saturated rings. The Morgan fingerprint density at radius 1 is 0.167 bits per heavy atom. The normalized spacial score (nSPS) is 11.0. The van der Waals surface area contributed by atoms with E-state index in [1.807, 2.05) is 12.1 Å². The van der Waals surface area contributed by atoms with Crippen molar-refractivity contribution in [2.45, 2.75) is 0 Å². The van der Waals surface area contributed by atoms with Crippen molar-refractivity contribution in [2.24, 2.45) is 0 Å². The second-order valence-corrected chi connectivity index (χ2v) is 14.8. The van der Waals surface area contributed by atoms with Crippen LogP contribution in [-0.4, -0.2) is 9.97 Å². The van der Waals surface area contributed by atoms with E-state index in [9.17, 15) is 0 Å². The molecule has 2 heterocycles. The summed E-state index contributed by atoms with van der Waals surface area (Å²) in [4.78, 5) is 10.7. The van der Waals surface area contributed by atoms with Crippen molar-refractivity contribution >= 4 is 0 Å². The molecule has 60 heavy (non-hydrogen) atoms. The highest BCUT2D eigenvalue weighted by molar-refractivity contribution is 6.00. The van der Waals surface area contributed by atoms with Crippen molar-refractivity contribution in [3.05, 3.63) is 243 Å². The Hall–Kier alpha value is -7.94. The molecule has 0 N–H and O–H groups in total. The lowest BCUT2D eigenvalue weighted by Crippen LogP contribution is -1.96. The van der Waals surface area contributed by atoms with E-state index < -0.39 is 0 Å². The third-order valence-corrected chi connectivity index (χ3v) is 11.2. The molecule has 2 heteroatoms. The quantitative estimate of drug-likeness (QED) is 0.146. The fourth-order valence-electron chi connectivity index (χ4n) is 8.34. The van der Waals surface area contributed by atoms with Crippen LogP contribution in [0, 0.1) is 0 Å². The lowest BCUT2D eigenvalue weighted by atomic mass is 9.84. The van der Waals surface area contributed by atoms with E-state index in [0.717, 1.165) is 101 Å². The van der Waals surface area contributed by atoms with E-state index in [1.165, 1.54) is 0 Å². The Balaban J connectivity index is 1.13. The van der Waals surface area contributed by atoms with Crippen LogP contribution in [0.2, 0.25) is 0 Å². The molecule has 0 saturated heterocycles. The zero-order valence-corrected chi connectivity index (χ0v) is 33.0. The topological polar surface area (TPSA) is 25.8 Å². The summed E-state index contributed by atoms with van der Waals surface area (Å²) in [5.74, 6) is 0. The number of rotatable bonds is 9. The van der Waals surface area contributed by atoms with E-state index in [-0.39, 0.29) is 0 Å². The van der Waals surface area contributed by atoms with Crippen molar-refractivity contribution in [3.63, 3.8) is 0 Å². The number of hydrogen-bond acceptors (Lipinski definition) is 2. The van der Waals surface area contributed by atoms with Gasteiger partial charge in [-0.25, -0.2) is 9.97 Å². The molecular weight excluding hydrogens is 725 g/mol. The SMILES string of the molecule is c1ccc(-c2ccc(-c3ccccc3-c3ccccc3-c3ccccc3-c3ccccc3-c3ccc(-c4ccccc4)nc3-c3ccccc3)c(-c3ccccc3)n2)cc1. The number of aromatic nitrogens is 2. The van der Waals surface area contributed by atoms with E-state index in [2.05, 4.69) is 231 Å². The Labute approximate surface area is 351 Å². The zero-order chi connectivity index (χ0) is 40.1. The van der Waals surface area contributed by atoms with Crippen LogP contribution in [0.25, 0.3) is 101 Å². The minimum Gasteiger partial charge on any atom is -0.247 e. The number of benzene rings is 8. The molecule has 0 aliphatic heterocycles. The minimum atomic E-state index is 0.948. The molecule has 0 amide bonds. The first-order chi connectivity index (χ1) is 29.8. The van der Waals surface area contributed by atoms with Gasteiger partial charge in [0.1, 0.15) is 0 Å². The second-order valence-electron chi connectivity index (χ2n) is 14.8. The molecule has 10 rings (SSSR count). The second kappa shape index (κ2) is 16.5. The first-order valence-corrected chi connectivity index (χ1v) is 20.4.